The van der Waals surface area contributed by atoms with Gasteiger partial charge in [0.25, 0.3) is 10.0 Å². The molecule has 0 aliphatic rings. The van der Waals surface area contributed by atoms with Crippen LogP contribution < -0.4 is 20.3 Å². The lowest BCUT2D eigenvalue weighted by Gasteiger charge is -2.24. The molecule has 0 saturated carbocycles. The Hall–Kier alpha value is -3.10. The minimum absolute atomic E-state index is 0. The van der Waals surface area contributed by atoms with Crippen molar-refractivity contribution in [3.8, 4) is 0 Å². The summed E-state index contributed by atoms with van der Waals surface area (Å²) in [5.41, 5.74) is 1.93. The third kappa shape index (κ3) is 6.48. The molecule has 1 aromatic heterocycles. The highest BCUT2D eigenvalue weighted by Crippen LogP contribution is 2.36. The molecule has 3 rings (SSSR count). The van der Waals surface area contributed by atoms with Gasteiger partial charge in [0, 0.05) is 38.1 Å². The van der Waals surface area contributed by atoms with Crippen LogP contribution in [0, 0.1) is 12.4 Å². The molecule has 3 aromatic rings. The van der Waals surface area contributed by atoms with E-state index in [4.69, 9.17) is 18.2 Å². The number of aromatic nitrogens is 1. The highest BCUT2D eigenvalue weighted by molar-refractivity contribution is 7.92. The zero-order valence-corrected chi connectivity index (χ0v) is 20.7. The quantitative estimate of drug-likeness (QED) is 0.339. The van der Waals surface area contributed by atoms with Crippen molar-refractivity contribution < 1.29 is 12.8 Å². The fourth-order valence-corrected chi connectivity index (χ4v) is 4.37. The van der Waals surface area contributed by atoms with E-state index >= 15 is 0 Å². The first kappa shape index (κ1) is 27.1. The number of rotatable bonds is 9. The van der Waals surface area contributed by atoms with Crippen LogP contribution in [0.2, 0.25) is 5.02 Å². The van der Waals surface area contributed by atoms with E-state index in [-0.39, 0.29) is 28.9 Å². The van der Waals surface area contributed by atoms with Crippen LogP contribution >= 0.6 is 24.0 Å². The first-order chi connectivity index (χ1) is 15.7. The van der Waals surface area contributed by atoms with Gasteiger partial charge in [-0.15, -0.1) is 12.4 Å². The van der Waals surface area contributed by atoms with Crippen molar-refractivity contribution in [3.63, 3.8) is 0 Å². The van der Waals surface area contributed by atoms with Gasteiger partial charge in [-0.3, -0.25) is 4.72 Å². The Kier molecular flexibility index (Phi) is 9.46. The van der Waals surface area contributed by atoms with Crippen LogP contribution in [0.4, 0.5) is 33.0 Å². The number of likely N-dealkylation sites (N-methyl/N-ethyl adjacent to an activating group) is 2. The summed E-state index contributed by atoms with van der Waals surface area (Å²) in [5.74, 6) is -0.919. The Morgan fingerprint density at radius 3 is 2.59 bits per heavy atom. The van der Waals surface area contributed by atoms with Crippen LogP contribution in [-0.2, 0) is 10.0 Å². The standard InChI is InChI=1S/C22H22ClFN6O2S.ClH/c1-25-10-11-30(3)20-12-15(26-2)7-8-18(20)28-19-14-17(24)21(13-16(19)23)33(31,32)29-22-6-4-5-9-27-22;/h4-9,12-14,25,28H,10-11H2,1,3H3,(H,27,29);1H. The second-order valence-electron chi connectivity index (χ2n) is 7.05. The van der Waals surface area contributed by atoms with Gasteiger partial charge >= 0.3 is 0 Å². The van der Waals surface area contributed by atoms with E-state index in [0.29, 0.717) is 30.2 Å². The summed E-state index contributed by atoms with van der Waals surface area (Å²) < 4.78 is 42.4. The minimum Gasteiger partial charge on any atom is -0.373 e. The van der Waals surface area contributed by atoms with Gasteiger partial charge < -0.3 is 15.5 Å². The van der Waals surface area contributed by atoms with Crippen molar-refractivity contribution in [1.29, 1.82) is 0 Å². The number of nitrogens with zero attached hydrogens (tertiary/aromatic N) is 3. The molecule has 0 radical (unpaired) electrons. The van der Waals surface area contributed by atoms with Gasteiger partial charge in [0.15, 0.2) is 5.69 Å². The van der Waals surface area contributed by atoms with Gasteiger partial charge in [0.05, 0.1) is 23.0 Å². The first-order valence-electron chi connectivity index (χ1n) is 9.82. The van der Waals surface area contributed by atoms with Gasteiger partial charge in [0.1, 0.15) is 16.5 Å². The molecule has 3 N–H and O–H groups in total. The largest absolute Gasteiger partial charge is 0.373 e. The van der Waals surface area contributed by atoms with Crippen molar-refractivity contribution in [1.82, 2.24) is 10.3 Å². The third-order valence-electron chi connectivity index (χ3n) is 4.70. The summed E-state index contributed by atoms with van der Waals surface area (Å²) in [6, 6.07) is 11.8. The Balaban J connectivity index is 0.00000408. The minimum atomic E-state index is -4.25. The van der Waals surface area contributed by atoms with E-state index < -0.39 is 20.7 Å². The molecule has 34 heavy (non-hydrogen) atoms. The molecule has 2 aromatic carbocycles. The molecule has 180 valence electrons. The maximum atomic E-state index is 14.9. The predicted octanol–water partition coefficient (Wildman–Crippen LogP) is 5.05. The predicted molar refractivity (Wildman–Crippen MR) is 137 cm³/mol. The van der Waals surface area contributed by atoms with Crippen LogP contribution in [0.3, 0.4) is 0 Å². The van der Waals surface area contributed by atoms with Crippen LogP contribution in [0.5, 0.6) is 0 Å². The normalized spacial score (nSPS) is 10.7. The van der Waals surface area contributed by atoms with Crippen molar-refractivity contribution in [2.75, 3.05) is 42.1 Å². The van der Waals surface area contributed by atoms with Crippen LogP contribution in [-0.4, -0.2) is 40.6 Å². The number of nitrogens with one attached hydrogen (secondary N) is 3. The zero-order valence-electron chi connectivity index (χ0n) is 18.3. The average molecular weight is 525 g/mol. The number of hydrogen-bond acceptors (Lipinski definition) is 6. The summed E-state index contributed by atoms with van der Waals surface area (Å²) in [6.07, 6.45) is 1.42. The van der Waals surface area contributed by atoms with E-state index in [1.165, 1.54) is 12.3 Å². The van der Waals surface area contributed by atoms with Gasteiger partial charge in [-0.2, -0.15) is 0 Å². The molecule has 0 unspecified atom stereocenters. The lowest BCUT2D eigenvalue weighted by atomic mass is 10.2. The molecule has 0 atom stereocenters. The number of benzene rings is 2. The molecule has 8 nitrogen and oxygen atoms in total. The molecule has 0 saturated heterocycles. The molecule has 12 heteroatoms. The lowest BCUT2D eigenvalue weighted by Crippen LogP contribution is -2.27. The molecular weight excluding hydrogens is 502 g/mol. The van der Waals surface area contributed by atoms with E-state index in [9.17, 15) is 12.8 Å². The van der Waals surface area contributed by atoms with Crippen molar-refractivity contribution >= 4 is 62.6 Å². The fourth-order valence-electron chi connectivity index (χ4n) is 3.00. The number of hydrogen-bond donors (Lipinski definition) is 3. The monoisotopic (exact) mass is 524 g/mol. The summed E-state index contributed by atoms with van der Waals surface area (Å²) in [6.45, 7) is 8.64. The van der Waals surface area contributed by atoms with Crippen molar-refractivity contribution in [2.45, 2.75) is 4.90 Å². The molecule has 0 amide bonds. The van der Waals surface area contributed by atoms with Crippen LogP contribution in [0.25, 0.3) is 4.85 Å². The number of halogens is 3. The molecule has 0 spiro atoms. The van der Waals surface area contributed by atoms with Crippen LogP contribution in [0.15, 0.2) is 59.6 Å². The summed E-state index contributed by atoms with van der Waals surface area (Å²) in [7, 11) is -0.541. The lowest BCUT2D eigenvalue weighted by molar-refractivity contribution is 0.570. The summed E-state index contributed by atoms with van der Waals surface area (Å²) in [5, 5.41) is 6.12. The number of anilines is 4. The Morgan fingerprint density at radius 2 is 1.94 bits per heavy atom. The highest BCUT2D eigenvalue weighted by Gasteiger charge is 2.22. The fraction of sp³-hybridized carbons (Fsp3) is 0.182. The second-order valence-corrected chi connectivity index (χ2v) is 9.10. The molecular formula is C22H23Cl2FN6O2S. The first-order valence-corrected chi connectivity index (χ1v) is 11.7. The highest BCUT2D eigenvalue weighted by atomic mass is 35.5. The van der Waals surface area contributed by atoms with Gasteiger partial charge in [-0.25, -0.2) is 22.6 Å². The Bertz CT molecular complexity index is 1290. The maximum absolute atomic E-state index is 14.9. The van der Waals surface area contributed by atoms with Crippen molar-refractivity contribution in [2.24, 2.45) is 0 Å². The van der Waals surface area contributed by atoms with Gasteiger partial charge in [0.2, 0.25) is 0 Å². The second kappa shape index (κ2) is 11.9. The Morgan fingerprint density at radius 1 is 1.18 bits per heavy atom. The van der Waals surface area contributed by atoms with Gasteiger partial charge in [-0.1, -0.05) is 23.7 Å². The third-order valence-corrected chi connectivity index (χ3v) is 6.39. The smallest absolute Gasteiger partial charge is 0.266 e. The number of sulfonamides is 1. The van der Waals surface area contributed by atoms with Crippen LogP contribution in [0.1, 0.15) is 0 Å². The topological polar surface area (TPSA) is 90.7 Å². The molecule has 1 heterocycles. The van der Waals surface area contributed by atoms with Crippen molar-refractivity contribution in [3.05, 3.63) is 77.0 Å². The Labute approximate surface area is 209 Å². The van der Waals surface area contributed by atoms with E-state index in [1.54, 1.807) is 30.3 Å². The van der Waals surface area contributed by atoms with E-state index in [0.717, 1.165) is 12.1 Å². The molecule has 0 aliphatic heterocycles. The zero-order chi connectivity index (χ0) is 24.0. The maximum Gasteiger partial charge on any atom is 0.266 e. The van der Waals surface area contributed by atoms with E-state index in [2.05, 4.69) is 25.2 Å². The molecule has 0 fully saturated rings. The average Bonchev–Trinajstić information content (AvgIpc) is 2.80. The van der Waals surface area contributed by atoms with E-state index in [1.807, 2.05) is 19.0 Å². The SMILES string of the molecule is Cl.[C-]#[N+]c1ccc(Nc2cc(F)c(S(=O)(=O)Nc3ccccn3)cc2Cl)c(N(C)CCNC)c1. The van der Waals surface area contributed by atoms with Gasteiger partial charge in [-0.05, 0) is 37.4 Å². The molecule has 0 aliphatic carbocycles. The number of pyridine rings is 1. The summed E-state index contributed by atoms with van der Waals surface area (Å²) >= 11 is 6.33. The molecule has 0 bridgehead atoms. The summed E-state index contributed by atoms with van der Waals surface area (Å²) in [4.78, 5) is 8.69.